The van der Waals surface area contributed by atoms with Gasteiger partial charge in [-0.3, -0.25) is 0 Å². The first kappa shape index (κ1) is 14.0. The molecule has 2 rings (SSSR count). The smallest absolute Gasteiger partial charge is 0.126 e. The number of nitrogens with two attached hydrogens (primary N) is 1. The molecule has 3 heteroatoms. The van der Waals surface area contributed by atoms with Crippen LogP contribution in [-0.4, -0.2) is 5.54 Å². The summed E-state index contributed by atoms with van der Waals surface area (Å²) in [4.78, 5) is 0. The number of hydrogen-bond donors (Lipinski definition) is 1. The summed E-state index contributed by atoms with van der Waals surface area (Å²) in [6, 6.07) is 5.10. The zero-order valence-electron chi connectivity index (χ0n) is 10.9. The zero-order chi connectivity index (χ0) is 13.2. The average molecular weight is 314 g/mol. The summed E-state index contributed by atoms with van der Waals surface area (Å²) in [5, 5.41) is 0. The van der Waals surface area contributed by atoms with Crippen molar-refractivity contribution in [3.05, 3.63) is 34.1 Å². The minimum Gasteiger partial charge on any atom is -0.325 e. The van der Waals surface area contributed by atoms with Gasteiger partial charge < -0.3 is 5.73 Å². The summed E-state index contributed by atoms with van der Waals surface area (Å²) in [6.07, 6.45) is 6.27. The molecule has 0 amide bonds. The average Bonchev–Trinajstić information content (AvgIpc) is 2.35. The monoisotopic (exact) mass is 313 g/mol. The van der Waals surface area contributed by atoms with Gasteiger partial charge in [-0.2, -0.15) is 0 Å². The Bertz CT molecular complexity index is 411. The Labute approximate surface area is 117 Å². The van der Waals surface area contributed by atoms with Crippen LogP contribution in [0.4, 0.5) is 4.39 Å². The fourth-order valence-corrected chi connectivity index (χ4v) is 3.30. The van der Waals surface area contributed by atoms with E-state index in [2.05, 4.69) is 22.9 Å². The molecule has 0 bridgehead atoms. The molecule has 100 valence electrons. The molecule has 0 unspecified atom stereocenters. The molecule has 0 spiro atoms. The van der Waals surface area contributed by atoms with E-state index in [1.807, 2.05) is 6.07 Å². The highest BCUT2D eigenvalue weighted by Gasteiger charge is 2.31. The maximum atomic E-state index is 13.8. The highest BCUT2D eigenvalue weighted by Crippen LogP contribution is 2.34. The Balaban J connectivity index is 2.06. The lowest BCUT2D eigenvalue weighted by Gasteiger charge is -2.37. The first-order valence-electron chi connectivity index (χ1n) is 6.75. The largest absolute Gasteiger partial charge is 0.325 e. The molecular formula is C15H21BrFN. The second-order valence-corrected chi connectivity index (χ2v) is 6.54. The summed E-state index contributed by atoms with van der Waals surface area (Å²) < 4.78 is 14.7. The topological polar surface area (TPSA) is 26.0 Å². The fourth-order valence-electron chi connectivity index (χ4n) is 2.90. The Morgan fingerprint density at radius 1 is 1.39 bits per heavy atom. The van der Waals surface area contributed by atoms with Gasteiger partial charge in [0.1, 0.15) is 5.82 Å². The highest BCUT2D eigenvalue weighted by molar-refractivity contribution is 9.10. The van der Waals surface area contributed by atoms with E-state index in [1.165, 1.54) is 25.3 Å². The molecule has 0 heterocycles. The SMILES string of the molecule is CCC1CCC(N)(Cc2cc(Br)ccc2F)CC1. The summed E-state index contributed by atoms with van der Waals surface area (Å²) in [5.41, 5.74) is 6.97. The van der Waals surface area contributed by atoms with Gasteiger partial charge in [-0.25, -0.2) is 4.39 Å². The van der Waals surface area contributed by atoms with Gasteiger partial charge in [-0.05, 0) is 61.8 Å². The van der Waals surface area contributed by atoms with Crippen LogP contribution >= 0.6 is 15.9 Å². The van der Waals surface area contributed by atoms with E-state index in [-0.39, 0.29) is 11.4 Å². The van der Waals surface area contributed by atoms with Gasteiger partial charge in [0.05, 0.1) is 0 Å². The van der Waals surface area contributed by atoms with Crippen LogP contribution in [0.25, 0.3) is 0 Å². The van der Waals surface area contributed by atoms with Crippen LogP contribution < -0.4 is 5.73 Å². The molecule has 0 saturated heterocycles. The molecule has 1 aromatic rings. The van der Waals surface area contributed by atoms with Gasteiger partial charge >= 0.3 is 0 Å². The van der Waals surface area contributed by atoms with Crippen molar-refractivity contribution >= 4 is 15.9 Å². The van der Waals surface area contributed by atoms with Crippen molar-refractivity contribution in [1.82, 2.24) is 0 Å². The quantitative estimate of drug-likeness (QED) is 0.877. The number of hydrogen-bond acceptors (Lipinski definition) is 1. The predicted octanol–water partition coefficient (Wildman–Crippen LogP) is 4.43. The van der Waals surface area contributed by atoms with Crippen LogP contribution in [0, 0.1) is 11.7 Å². The number of benzene rings is 1. The Hall–Kier alpha value is -0.410. The maximum absolute atomic E-state index is 13.8. The lowest BCUT2D eigenvalue weighted by Crippen LogP contribution is -2.45. The molecule has 1 aliphatic carbocycles. The van der Waals surface area contributed by atoms with E-state index < -0.39 is 0 Å². The summed E-state index contributed by atoms with van der Waals surface area (Å²) >= 11 is 3.39. The Morgan fingerprint density at radius 3 is 2.67 bits per heavy atom. The molecule has 1 aliphatic rings. The van der Waals surface area contributed by atoms with E-state index >= 15 is 0 Å². The fraction of sp³-hybridized carbons (Fsp3) is 0.600. The third kappa shape index (κ3) is 3.33. The molecule has 1 aromatic carbocycles. The van der Waals surface area contributed by atoms with E-state index in [9.17, 15) is 4.39 Å². The van der Waals surface area contributed by atoms with Gasteiger partial charge in [0.2, 0.25) is 0 Å². The molecule has 0 aliphatic heterocycles. The maximum Gasteiger partial charge on any atom is 0.126 e. The van der Waals surface area contributed by atoms with E-state index in [0.29, 0.717) is 6.42 Å². The highest BCUT2D eigenvalue weighted by atomic mass is 79.9. The van der Waals surface area contributed by atoms with Crippen molar-refractivity contribution in [2.24, 2.45) is 11.7 Å². The van der Waals surface area contributed by atoms with Gasteiger partial charge in [-0.15, -0.1) is 0 Å². The van der Waals surface area contributed by atoms with Gasteiger partial charge in [0, 0.05) is 10.0 Å². The van der Waals surface area contributed by atoms with Crippen molar-refractivity contribution in [3.63, 3.8) is 0 Å². The Morgan fingerprint density at radius 2 is 2.06 bits per heavy atom. The molecule has 0 aromatic heterocycles. The molecule has 1 saturated carbocycles. The normalized spacial score (nSPS) is 28.3. The summed E-state index contributed by atoms with van der Waals surface area (Å²) in [6.45, 7) is 2.24. The van der Waals surface area contributed by atoms with Crippen LogP contribution in [0.5, 0.6) is 0 Å². The number of rotatable bonds is 3. The van der Waals surface area contributed by atoms with E-state index in [1.54, 1.807) is 6.07 Å². The standard InChI is InChI=1S/C15H21BrFN/c1-2-11-5-7-15(18,8-6-11)10-12-9-13(16)3-4-14(12)17/h3-4,9,11H,2,5-8,10,18H2,1H3. The lowest BCUT2D eigenvalue weighted by molar-refractivity contribution is 0.227. The van der Waals surface area contributed by atoms with Crippen molar-refractivity contribution in [2.75, 3.05) is 0 Å². The Kier molecular flexibility index (Phi) is 4.44. The summed E-state index contributed by atoms with van der Waals surface area (Å²) in [7, 11) is 0. The van der Waals surface area contributed by atoms with Crippen LogP contribution in [0.15, 0.2) is 22.7 Å². The van der Waals surface area contributed by atoms with Crippen LogP contribution in [-0.2, 0) is 6.42 Å². The number of halogens is 2. The second-order valence-electron chi connectivity index (χ2n) is 5.63. The molecule has 18 heavy (non-hydrogen) atoms. The first-order valence-corrected chi connectivity index (χ1v) is 7.54. The third-order valence-corrected chi connectivity index (χ3v) is 4.72. The molecular weight excluding hydrogens is 293 g/mol. The molecule has 0 radical (unpaired) electrons. The predicted molar refractivity (Wildman–Crippen MR) is 77.0 cm³/mol. The van der Waals surface area contributed by atoms with Crippen molar-refractivity contribution in [2.45, 2.75) is 51.0 Å². The molecule has 2 N–H and O–H groups in total. The van der Waals surface area contributed by atoms with Crippen molar-refractivity contribution < 1.29 is 4.39 Å². The minimum atomic E-state index is -0.215. The van der Waals surface area contributed by atoms with Crippen LogP contribution in [0.2, 0.25) is 0 Å². The molecule has 0 atom stereocenters. The zero-order valence-corrected chi connectivity index (χ0v) is 12.5. The molecule has 1 fully saturated rings. The van der Waals surface area contributed by atoms with Crippen molar-refractivity contribution in [3.8, 4) is 0 Å². The van der Waals surface area contributed by atoms with Crippen molar-refractivity contribution in [1.29, 1.82) is 0 Å². The van der Waals surface area contributed by atoms with Gasteiger partial charge in [0.15, 0.2) is 0 Å². The lowest BCUT2D eigenvalue weighted by atomic mass is 9.73. The second kappa shape index (κ2) is 5.70. The first-order chi connectivity index (χ1) is 8.52. The van der Waals surface area contributed by atoms with Crippen LogP contribution in [0.3, 0.4) is 0 Å². The van der Waals surface area contributed by atoms with Crippen LogP contribution in [0.1, 0.15) is 44.6 Å². The molecule has 1 nitrogen and oxygen atoms in total. The van der Waals surface area contributed by atoms with E-state index in [4.69, 9.17) is 5.73 Å². The summed E-state index contributed by atoms with van der Waals surface area (Å²) in [5.74, 6) is 0.676. The van der Waals surface area contributed by atoms with E-state index in [0.717, 1.165) is 28.8 Å². The van der Waals surface area contributed by atoms with Gasteiger partial charge in [0.25, 0.3) is 0 Å². The third-order valence-electron chi connectivity index (χ3n) is 4.23. The minimum absolute atomic E-state index is 0.138. The van der Waals surface area contributed by atoms with Gasteiger partial charge in [-0.1, -0.05) is 29.3 Å².